The molecule has 0 aromatic carbocycles. The quantitative estimate of drug-likeness (QED) is 0.923. The highest BCUT2D eigenvalue weighted by molar-refractivity contribution is 5.76. The van der Waals surface area contributed by atoms with Crippen molar-refractivity contribution in [3.63, 3.8) is 0 Å². The summed E-state index contributed by atoms with van der Waals surface area (Å²) in [5, 5.41) is 3.09. The van der Waals surface area contributed by atoms with Crippen molar-refractivity contribution in [1.29, 1.82) is 0 Å². The monoisotopic (exact) mass is 286 g/mol. The molecule has 1 aliphatic heterocycles. The Morgan fingerprint density at radius 3 is 3.00 bits per heavy atom. The highest BCUT2D eigenvalue weighted by atomic mass is 16.2. The second-order valence-corrected chi connectivity index (χ2v) is 5.21. The Labute approximate surface area is 122 Å². The molecule has 6 heteroatoms. The Morgan fingerprint density at radius 2 is 2.29 bits per heavy atom. The van der Waals surface area contributed by atoms with E-state index in [0.717, 1.165) is 17.7 Å². The smallest absolute Gasteiger partial charge is 0.276 e. The number of amides is 1. The van der Waals surface area contributed by atoms with E-state index in [2.05, 4.69) is 10.1 Å². The Balaban J connectivity index is 1.91. The van der Waals surface area contributed by atoms with E-state index in [0.29, 0.717) is 31.7 Å². The van der Waals surface area contributed by atoms with Crippen molar-refractivity contribution < 1.29 is 4.79 Å². The van der Waals surface area contributed by atoms with Gasteiger partial charge in [-0.15, -0.1) is 0 Å². The zero-order valence-corrected chi connectivity index (χ0v) is 12.0. The molecule has 0 radical (unpaired) electrons. The number of rotatable bonds is 3. The van der Waals surface area contributed by atoms with Crippen LogP contribution in [0.2, 0.25) is 0 Å². The van der Waals surface area contributed by atoms with Crippen LogP contribution in [0.3, 0.4) is 0 Å². The molecule has 1 aliphatic rings. The van der Waals surface area contributed by atoms with Crippen LogP contribution in [0.1, 0.15) is 31.0 Å². The molecule has 0 spiro atoms. The minimum atomic E-state index is -0.0636. The van der Waals surface area contributed by atoms with Gasteiger partial charge in [-0.05, 0) is 25.0 Å². The number of carbonyl (C=O) groups is 1. The van der Waals surface area contributed by atoms with Crippen LogP contribution in [0.15, 0.2) is 29.2 Å². The van der Waals surface area contributed by atoms with Gasteiger partial charge in [0.15, 0.2) is 5.82 Å². The number of carbonyl (C=O) groups excluding carboxylic acids is 1. The molecule has 1 amide bonds. The minimum absolute atomic E-state index is 0.0636. The van der Waals surface area contributed by atoms with Gasteiger partial charge in [-0.2, -0.15) is 0 Å². The summed E-state index contributed by atoms with van der Waals surface area (Å²) < 4.78 is 1.46. The Morgan fingerprint density at radius 1 is 1.43 bits per heavy atom. The lowest BCUT2D eigenvalue weighted by atomic mass is 10.1. The fourth-order valence-electron chi connectivity index (χ4n) is 2.65. The van der Waals surface area contributed by atoms with Gasteiger partial charge in [-0.25, -0.2) is 9.67 Å². The fourth-order valence-corrected chi connectivity index (χ4v) is 2.65. The first-order chi connectivity index (χ1) is 10.2. The zero-order valence-electron chi connectivity index (χ0n) is 12.0. The predicted molar refractivity (Wildman–Crippen MR) is 78.2 cm³/mol. The van der Waals surface area contributed by atoms with Gasteiger partial charge >= 0.3 is 0 Å². The van der Waals surface area contributed by atoms with Crippen molar-refractivity contribution in [2.75, 3.05) is 6.54 Å². The van der Waals surface area contributed by atoms with Crippen LogP contribution < -0.4 is 5.56 Å². The first-order valence-corrected chi connectivity index (χ1v) is 7.22. The van der Waals surface area contributed by atoms with Gasteiger partial charge in [0.1, 0.15) is 0 Å². The molecule has 21 heavy (non-hydrogen) atoms. The van der Waals surface area contributed by atoms with Crippen molar-refractivity contribution in [3.05, 3.63) is 46.0 Å². The van der Waals surface area contributed by atoms with Crippen LogP contribution in [-0.2, 0) is 17.8 Å². The van der Waals surface area contributed by atoms with Crippen LogP contribution in [0.5, 0.6) is 0 Å². The van der Waals surface area contributed by atoms with Crippen LogP contribution in [0.4, 0.5) is 0 Å². The van der Waals surface area contributed by atoms with Gasteiger partial charge in [0, 0.05) is 24.7 Å². The maximum atomic E-state index is 12.4. The Bertz CT molecular complexity index is 702. The summed E-state index contributed by atoms with van der Waals surface area (Å²) in [7, 11) is 0. The van der Waals surface area contributed by atoms with E-state index in [9.17, 15) is 9.59 Å². The second-order valence-electron chi connectivity index (χ2n) is 5.21. The van der Waals surface area contributed by atoms with Gasteiger partial charge in [0.25, 0.3) is 5.56 Å². The number of aromatic amines is 1. The first-order valence-electron chi connectivity index (χ1n) is 7.22. The van der Waals surface area contributed by atoms with E-state index in [1.165, 1.54) is 4.68 Å². The molecule has 2 aromatic heterocycles. The third kappa shape index (κ3) is 2.49. The standard InChI is InChI=1S/C15H18N4O2/c1-2-5-14(20)18-9-7-11-12(10-18)17-19(15(11)21)13-6-3-4-8-16-13/h3-4,6,8,17H,2,5,7,9-10H2,1H3. The molecule has 3 rings (SSSR count). The Hall–Kier alpha value is -2.37. The van der Waals surface area contributed by atoms with Gasteiger partial charge < -0.3 is 4.90 Å². The van der Waals surface area contributed by atoms with Crippen LogP contribution in [0, 0.1) is 0 Å². The second kappa shape index (κ2) is 5.55. The van der Waals surface area contributed by atoms with E-state index < -0.39 is 0 Å². The zero-order chi connectivity index (χ0) is 14.8. The molecule has 0 atom stereocenters. The largest absolute Gasteiger partial charge is 0.336 e. The summed E-state index contributed by atoms with van der Waals surface area (Å²) in [5.41, 5.74) is 1.52. The molecule has 0 fully saturated rings. The van der Waals surface area contributed by atoms with Gasteiger partial charge in [-0.1, -0.05) is 13.0 Å². The third-order valence-corrected chi connectivity index (χ3v) is 3.75. The normalized spacial score (nSPS) is 14.0. The van der Waals surface area contributed by atoms with Crippen molar-refractivity contribution >= 4 is 5.91 Å². The average molecular weight is 286 g/mol. The molecule has 0 unspecified atom stereocenters. The summed E-state index contributed by atoms with van der Waals surface area (Å²) in [6.45, 7) is 3.08. The van der Waals surface area contributed by atoms with E-state index in [4.69, 9.17) is 0 Å². The van der Waals surface area contributed by atoms with Crippen LogP contribution in [-0.4, -0.2) is 32.1 Å². The number of pyridine rings is 1. The van der Waals surface area contributed by atoms with Gasteiger partial charge in [-0.3, -0.25) is 14.7 Å². The number of nitrogens with zero attached hydrogens (tertiary/aromatic N) is 3. The lowest BCUT2D eigenvalue weighted by molar-refractivity contribution is -0.132. The molecule has 0 bridgehead atoms. The van der Waals surface area contributed by atoms with E-state index in [1.807, 2.05) is 24.0 Å². The molecule has 110 valence electrons. The summed E-state index contributed by atoms with van der Waals surface area (Å²) in [4.78, 5) is 30.4. The SMILES string of the molecule is CCCC(=O)N1CCc2c([nH]n(-c3ccccn3)c2=O)C1. The highest BCUT2D eigenvalue weighted by Crippen LogP contribution is 2.16. The maximum Gasteiger partial charge on any atom is 0.276 e. The van der Waals surface area contributed by atoms with Crippen molar-refractivity contribution in [2.24, 2.45) is 0 Å². The summed E-state index contributed by atoms with van der Waals surface area (Å²) in [5.74, 6) is 0.720. The molecular weight excluding hydrogens is 268 g/mol. The number of hydrogen-bond acceptors (Lipinski definition) is 3. The fraction of sp³-hybridized carbons (Fsp3) is 0.400. The minimum Gasteiger partial charge on any atom is -0.336 e. The van der Waals surface area contributed by atoms with Crippen LogP contribution >= 0.6 is 0 Å². The lowest BCUT2D eigenvalue weighted by Crippen LogP contribution is -2.36. The highest BCUT2D eigenvalue weighted by Gasteiger charge is 2.25. The van der Waals surface area contributed by atoms with E-state index >= 15 is 0 Å². The molecule has 1 N–H and O–H groups in total. The first kappa shape index (κ1) is 13.6. The maximum absolute atomic E-state index is 12.4. The molecule has 0 saturated heterocycles. The topological polar surface area (TPSA) is 71.0 Å². The molecule has 6 nitrogen and oxygen atoms in total. The number of hydrogen-bond donors (Lipinski definition) is 1. The number of nitrogens with one attached hydrogen (secondary N) is 1. The summed E-state index contributed by atoms with van der Waals surface area (Å²) >= 11 is 0. The number of aromatic nitrogens is 3. The van der Waals surface area contributed by atoms with Crippen molar-refractivity contribution in [1.82, 2.24) is 19.7 Å². The predicted octanol–water partition coefficient (Wildman–Crippen LogP) is 1.25. The molecule has 0 saturated carbocycles. The molecular formula is C15H18N4O2. The van der Waals surface area contributed by atoms with Crippen molar-refractivity contribution in [3.8, 4) is 5.82 Å². The molecule has 0 aliphatic carbocycles. The average Bonchev–Trinajstić information content (AvgIpc) is 2.85. The molecule has 3 heterocycles. The van der Waals surface area contributed by atoms with Gasteiger partial charge in [0.05, 0.1) is 12.2 Å². The number of fused-ring (bicyclic) bond motifs is 1. The Kier molecular flexibility index (Phi) is 3.60. The van der Waals surface area contributed by atoms with Crippen LogP contribution in [0.25, 0.3) is 5.82 Å². The molecule has 2 aromatic rings. The lowest BCUT2D eigenvalue weighted by Gasteiger charge is -2.26. The summed E-state index contributed by atoms with van der Waals surface area (Å²) in [6.07, 6.45) is 3.65. The summed E-state index contributed by atoms with van der Waals surface area (Å²) in [6, 6.07) is 5.43. The van der Waals surface area contributed by atoms with E-state index in [1.54, 1.807) is 12.3 Å². The number of H-pyrrole nitrogens is 1. The third-order valence-electron chi connectivity index (χ3n) is 3.75. The van der Waals surface area contributed by atoms with E-state index in [-0.39, 0.29) is 11.5 Å². The van der Waals surface area contributed by atoms with Crippen molar-refractivity contribution in [2.45, 2.75) is 32.7 Å². The van der Waals surface area contributed by atoms with Gasteiger partial charge in [0.2, 0.25) is 5.91 Å².